The number of fused-ring (bicyclic) bond motifs is 2. The van der Waals surface area contributed by atoms with Crippen molar-refractivity contribution in [3.8, 4) is 0 Å². The third kappa shape index (κ3) is 4.10. The molecule has 6 rings (SSSR count). The molecule has 0 radical (unpaired) electrons. The van der Waals surface area contributed by atoms with Gasteiger partial charge in [0.05, 0.1) is 36.3 Å². The number of rotatable bonds is 4. The summed E-state index contributed by atoms with van der Waals surface area (Å²) in [6.07, 6.45) is 1.67. The van der Waals surface area contributed by atoms with Crippen molar-refractivity contribution in [1.82, 2.24) is 25.2 Å². The number of nitrogens with zero attached hydrogens (tertiary/aromatic N) is 3. The number of H-pyrrole nitrogens is 2. The van der Waals surface area contributed by atoms with Crippen molar-refractivity contribution in [2.75, 3.05) is 18.4 Å². The van der Waals surface area contributed by atoms with Gasteiger partial charge in [-0.3, -0.25) is 14.7 Å². The zero-order valence-electron chi connectivity index (χ0n) is 19.6. The summed E-state index contributed by atoms with van der Waals surface area (Å²) in [5.41, 5.74) is 1.98. The number of aromatic amines is 2. The van der Waals surface area contributed by atoms with Crippen molar-refractivity contribution >= 4 is 34.4 Å². The molecule has 0 spiro atoms. The lowest BCUT2D eigenvalue weighted by molar-refractivity contribution is -0.223. The summed E-state index contributed by atoms with van der Waals surface area (Å²) in [6.45, 7) is 6.31. The van der Waals surface area contributed by atoms with Crippen LogP contribution >= 0.6 is 11.8 Å². The molecule has 36 heavy (non-hydrogen) atoms. The fourth-order valence-electron chi connectivity index (χ4n) is 4.55. The maximum absolute atomic E-state index is 14.0. The Balaban J connectivity index is 1.32. The van der Waals surface area contributed by atoms with E-state index >= 15 is 0 Å². The van der Waals surface area contributed by atoms with E-state index in [-0.39, 0.29) is 23.4 Å². The van der Waals surface area contributed by atoms with Crippen molar-refractivity contribution in [3.63, 3.8) is 0 Å². The molecule has 4 aromatic rings. The summed E-state index contributed by atoms with van der Waals surface area (Å²) in [5, 5.41) is 12.9. The first-order chi connectivity index (χ1) is 17.1. The summed E-state index contributed by atoms with van der Waals surface area (Å²) >= 11 is 1.14. The van der Waals surface area contributed by atoms with Crippen molar-refractivity contribution in [2.24, 2.45) is 0 Å². The van der Waals surface area contributed by atoms with Crippen molar-refractivity contribution in [1.29, 1.82) is 0 Å². The minimum Gasteiger partial charge on any atom is -0.453 e. The molecule has 0 saturated heterocycles. The Hall–Kier alpha value is -3.48. The Morgan fingerprint density at radius 2 is 2.06 bits per heavy atom. The highest BCUT2D eigenvalue weighted by Crippen LogP contribution is 2.44. The van der Waals surface area contributed by atoms with Crippen LogP contribution < -0.4 is 5.32 Å². The molecule has 0 bridgehead atoms. The van der Waals surface area contributed by atoms with Crippen LogP contribution in [0.5, 0.6) is 0 Å². The Morgan fingerprint density at radius 1 is 1.22 bits per heavy atom. The van der Waals surface area contributed by atoms with Crippen LogP contribution in [0.3, 0.4) is 0 Å². The number of anilines is 1. The zero-order chi connectivity index (χ0) is 25.2. The quantitative estimate of drug-likeness (QED) is 0.360. The van der Waals surface area contributed by atoms with Gasteiger partial charge in [0.25, 0.3) is 0 Å². The number of Topliss-reactive ketones (excluding diaryl/α,β-unsaturated/α-hetero) is 1. The molecule has 0 fully saturated rings. The smallest absolute Gasteiger partial charge is 0.178 e. The SMILES string of the molecule is CC(C)(C)ON1CC(=O)C2=C(C1)Nc1[nH]ncc1C2c1ccc(Sc2nc3c(F)cc(F)cc3[nH]2)o1. The zero-order valence-corrected chi connectivity index (χ0v) is 20.4. The van der Waals surface area contributed by atoms with Gasteiger partial charge in [0.15, 0.2) is 21.8 Å². The van der Waals surface area contributed by atoms with Gasteiger partial charge in [-0.05, 0) is 50.7 Å². The van der Waals surface area contributed by atoms with E-state index < -0.39 is 23.2 Å². The maximum Gasteiger partial charge on any atom is 0.178 e. The van der Waals surface area contributed by atoms with Gasteiger partial charge >= 0.3 is 0 Å². The molecule has 3 aromatic heterocycles. The van der Waals surface area contributed by atoms with Crippen LogP contribution in [0.25, 0.3) is 11.0 Å². The Labute approximate surface area is 208 Å². The molecular formula is C24H22F2N6O3S. The van der Waals surface area contributed by atoms with Crippen LogP contribution in [0.15, 0.2) is 56.4 Å². The first-order valence-corrected chi connectivity index (χ1v) is 12.1. The molecule has 0 saturated carbocycles. The molecular weight excluding hydrogens is 490 g/mol. The molecule has 1 aromatic carbocycles. The van der Waals surface area contributed by atoms with Crippen LogP contribution in [0.2, 0.25) is 0 Å². The molecule has 2 aliphatic rings. The number of halogens is 2. The largest absolute Gasteiger partial charge is 0.453 e. The molecule has 186 valence electrons. The molecule has 1 unspecified atom stereocenters. The average molecular weight is 513 g/mol. The van der Waals surface area contributed by atoms with Crippen molar-refractivity contribution in [2.45, 2.75) is 42.5 Å². The Morgan fingerprint density at radius 3 is 2.86 bits per heavy atom. The lowest BCUT2D eigenvalue weighted by Crippen LogP contribution is -2.45. The monoisotopic (exact) mass is 512 g/mol. The summed E-state index contributed by atoms with van der Waals surface area (Å²) in [4.78, 5) is 26.4. The standard InChI is InChI=1S/C24H22F2N6O3S/c1-24(2,3)35-32-9-15-20(16(33)10-32)19(12-8-27-31-22(12)28-15)17-4-5-18(34-17)36-23-29-14-7-11(25)6-13(26)21(14)30-23/h4-8,19H,9-10H2,1-3H3,(H,29,30)(H2,27,28,31). The van der Waals surface area contributed by atoms with Gasteiger partial charge in [-0.25, -0.2) is 13.8 Å². The van der Waals surface area contributed by atoms with Gasteiger partial charge in [-0.1, -0.05) is 0 Å². The van der Waals surface area contributed by atoms with E-state index in [0.717, 1.165) is 29.1 Å². The number of carbonyl (C=O) groups excluding carboxylic acids is 1. The number of benzene rings is 1. The number of aromatic nitrogens is 4. The highest BCUT2D eigenvalue weighted by Gasteiger charge is 2.40. The van der Waals surface area contributed by atoms with E-state index in [9.17, 15) is 13.6 Å². The normalized spacial score (nSPS) is 18.5. The Kier molecular flexibility index (Phi) is 5.28. The number of carbonyl (C=O) groups is 1. The first-order valence-electron chi connectivity index (χ1n) is 11.3. The molecule has 1 atom stereocenters. The minimum absolute atomic E-state index is 0.0525. The minimum atomic E-state index is -0.741. The number of ketones is 1. The maximum atomic E-state index is 14.0. The molecule has 0 aliphatic carbocycles. The van der Waals surface area contributed by atoms with Crippen LogP contribution in [0.4, 0.5) is 14.6 Å². The van der Waals surface area contributed by atoms with Crippen LogP contribution in [0.1, 0.15) is 38.0 Å². The van der Waals surface area contributed by atoms with Gasteiger partial charge in [-0.15, -0.1) is 0 Å². The van der Waals surface area contributed by atoms with Gasteiger partial charge in [0.1, 0.15) is 22.9 Å². The predicted molar refractivity (Wildman–Crippen MR) is 127 cm³/mol. The molecule has 3 N–H and O–H groups in total. The Bertz CT molecular complexity index is 1530. The van der Waals surface area contributed by atoms with Crippen LogP contribution in [0, 0.1) is 11.6 Å². The molecule has 5 heterocycles. The number of hydroxylamine groups is 2. The predicted octanol–water partition coefficient (Wildman–Crippen LogP) is 4.73. The van der Waals surface area contributed by atoms with Crippen LogP contribution in [-0.4, -0.2) is 49.7 Å². The fourth-order valence-corrected chi connectivity index (χ4v) is 5.31. The molecule has 2 aliphatic heterocycles. The number of nitrogens with one attached hydrogen (secondary N) is 3. The van der Waals surface area contributed by atoms with Gasteiger partial charge in [0, 0.05) is 22.9 Å². The second-order valence-electron chi connectivity index (χ2n) is 9.66. The van der Waals surface area contributed by atoms with E-state index in [1.165, 1.54) is 6.07 Å². The summed E-state index contributed by atoms with van der Waals surface area (Å²) < 4.78 is 33.7. The lowest BCUT2D eigenvalue weighted by Gasteiger charge is -2.37. The average Bonchev–Trinajstić information content (AvgIpc) is 3.50. The van der Waals surface area contributed by atoms with Gasteiger partial charge in [0.2, 0.25) is 0 Å². The number of hydrogen-bond acceptors (Lipinski definition) is 8. The molecule has 12 heteroatoms. The second-order valence-corrected chi connectivity index (χ2v) is 10.7. The fraction of sp³-hybridized carbons (Fsp3) is 0.292. The van der Waals surface area contributed by atoms with E-state index in [0.29, 0.717) is 33.9 Å². The van der Waals surface area contributed by atoms with Crippen molar-refractivity contribution in [3.05, 3.63) is 64.7 Å². The summed E-state index contributed by atoms with van der Waals surface area (Å²) in [6, 6.07) is 5.54. The highest BCUT2D eigenvalue weighted by atomic mass is 32.2. The first kappa shape index (κ1) is 23.0. The molecule has 0 amide bonds. The van der Waals surface area contributed by atoms with Gasteiger partial charge in [-0.2, -0.15) is 10.2 Å². The summed E-state index contributed by atoms with van der Waals surface area (Å²) in [7, 11) is 0. The number of furan rings is 1. The lowest BCUT2D eigenvalue weighted by atomic mass is 9.82. The van der Waals surface area contributed by atoms with Crippen LogP contribution in [-0.2, 0) is 9.63 Å². The van der Waals surface area contributed by atoms with Gasteiger partial charge < -0.3 is 14.7 Å². The van der Waals surface area contributed by atoms with E-state index in [1.807, 2.05) is 20.8 Å². The van der Waals surface area contributed by atoms with Crippen molar-refractivity contribution < 1.29 is 22.8 Å². The third-order valence-electron chi connectivity index (χ3n) is 5.79. The summed E-state index contributed by atoms with van der Waals surface area (Å²) in [5.74, 6) is -0.725. The number of imidazole rings is 1. The van der Waals surface area contributed by atoms with E-state index in [2.05, 4.69) is 25.5 Å². The van der Waals surface area contributed by atoms with E-state index in [1.54, 1.807) is 23.4 Å². The highest BCUT2D eigenvalue weighted by molar-refractivity contribution is 7.99. The van der Waals surface area contributed by atoms with E-state index in [4.69, 9.17) is 9.25 Å². The second kappa shape index (κ2) is 8.29. The number of hydrogen-bond donors (Lipinski definition) is 3. The third-order valence-corrected chi connectivity index (χ3v) is 6.60. The molecule has 9 nitrogen and oxygen atoms in total. The topological polar surface area (TPSA) is 112 Å².